The van der Waals surface area contributed by atoms with Crippen molar-refractivity contribution in [3.05, 3.63) is 47.2 Å². The molecule has 1 atom stereocenters. The minimum Gasteiger partial charge on any atom is -0.497 e. The number of unbranched alkanes of at least 4 members (excludes halogenated alkanes) is 1. The molecule has 4 rings (SSSR count). The van der Waals surface area contributed by atoms with Gasteiger partial charge in [0.1, 0.15) is 12.0 Å². The Morgan fingerprint density at radius 1 is 1.09 bits per heavy atom. The third-order valence-electron chi connectivity index (χ3n) is 8.74. The van der Waals surface area contributed by atoms with Crippen LogP contribution in [0.5, 0.6) is 5.75 Å². The summed E-state index contributed by atoms with van der Waals surface area (Å²) in [6.45, 7) is 5.12. The van der Waals surface area contributed by atoms with Gasteiger partial charge in [0.05, 0.1) is 18.4 Å². The number of methoxy groups -OCH3 is 1. The Morgan fingerprint density at radius 2 is 1.88 bits per heavy atom. The Bertz CT molecular complexity index is 1320. The highest BCUT2D eigenvalue weighted by molar-refractivity contribution is 7.90. The quantitative estimate of drug-likeness (QED) is 0.258. The van der Waals surface area contributed by atoms with E-state index in [2.05, 4.69) is 19.9 Å². The number of amides is 2. The summed E-state index contributed by atoms with van der Waals surface area (Å²) in [6.07, 6.45) is 13.9. The molecule has 0 unspecified atom stereocenters. The first-order chi connectivity index (χ1) is 20.7. The molecule has 1 saturated carbocycles. The first kappa shape index (κ1) is 33.0. The zero-order chi connectivity index (χ0) is 30.8. The Hall–Kier alpha value is -2.92. The monoisotopic (exact) mass is 616 g/mol. The Morgan fingerprint density at radius 3 is 2.63 bits per heavy atom. The van der Waals surface area contributed by atoms with E-state index in [1.54, 1.807) is 7.11 Å². The number of nitrogens with one attached hydrogen (secondary N) is 2. The number of aryl methyl sites for hydroxylation is 1. The van der Waals surface area contributed by atoms with Gasteiger partial charge in [-0.2, -0.15) is 0 Å². The van der Waals surface area contributed by atoms with Crippen LogP contribution in [0.3, 0.4) is 0 Å². The fraction of sp³-hybridized carbons (Fsp3) is 0.656. The number of carbonyl (C=O) groups is 2. The van der Waals surface area contributed by atoms with Crippen molar-refractivity contribution < 1.29 is 27.2 Å². The van der Waals surface area contributed by atoms with Crippen molar-refractivity contribution in [3.63, 3.8) is 0 Å². The summed E-state index contributed by atoms with van der Waals surface area (Å²) in [5.41, 5.74) is 2.24. The molecular formula is C32H48N4O6S. The van der Waals surface area contributed by atoms with E-state index in [0.29, 0.717) is 36.8 Å². The number of likely N-dealkylation sites (tertiary alicyclic amines) is 1. The van der Waals surface area contributed by atoms with Crippen LogP contribution in [0, 0.1) is 5.92 Å². The topological polar surface area (TPSA) is 131 Å². The van der Waals surface area contributed by atoms with Crippen molar-refractivity contribution in [3.8, 4) is 5.75 Å². The van der Waals surface area contributed by atoms with Gasteiger partial charge in [-0.3, -0.25) is 19.2 Å². The predicted molar refractivity (Wildman–Crippen MR) is 165 cm³/mol. The van der Waals surface area contributed by atoms with Crippen LogP contribution < -0.4 is 14.8 Å². The minimum absolute atomic E-state index is 0.0491. The molecule has 1 aromatic heterocycles. The average Bonchev–Trinajstić information content (AvgIpc) is 3.66. The fourth-order valence-electron chi connectivity index (χ4n) is 6.08. The third-order valence-corrected chi connectivity index (χ3v) is 10.5. The van der Waals surface area contributed by atoms with Crippen molar-refractivity contribution in [2.24, 2.45) is 5.92 Å². The predicted octanol–water partition coefficient (Wildman–Crippen LogP) is 5.29. The van der Waals surface area contributed by atoms with Crippen molar-refractivity contribution in [2.45, 2.75) is 109 Å². The highest BCUT2D eigenvalue weighted by Gasteiger charge is 2.31. The summed E-state index contributed by atoms with van der Waals surface area (Å²) in [5, 5.41) is 2.31. The van der Waals surface area contributed by atoms with Crippen LogP contribution in [-0.2, 0) is 27.8 Å². The van der Waals surface area contributed by atoms with Gasteiger partial charge in [-0.1, -0.05) is 51.0 Å². The molecule has 1 saturated heterocycles. The molecule has 0 spiro atoms. The zero-order valence-corrected chi connectivity index (χ0v) is 26.7. The molecule has 2 aromatic rings. The lowest BCUT2D eigenvalue weighted by Gasteiger charge is -2.24. The lowest BCUT2D eigenvalue weighted by atomic mass is 9.86. The van der Waals surface area contributed by atoms with Crippen molar-refractivity contribution in [1.82, 2.24) is 19.9 Å². The standard InChI is InChI=1S/C32H48N4O6S/c1-23(2)43(39,40)35-30(37)17-15-25-14-16-27(41-3)20-26(25)21-36-19-9-13-29(36)32-34-28(22-42-32)31(38)33-18-8-7-12-24-10-5-4-6-11-24/h14,16,20,22-24,29H,4-13,15,17-19,21H2,1-3H3,(H,33,38)(H,35,37)/t29-/m0/s1. The summed E-state index contributed by atoms with van der Waals surface area (Å²) in [6, 6.07) is 5.65. The first-order valence-corrected chi connectivity index (χ1v) is 17.4. The molecule has 238 valence electrons. The van der Waals surface area contributed by atoms with Gasteiger partial charge in [-0.15, -0.1) is 0 Å². The van der Waals surface area contributed by atoms with Gasteiger partial charge in [-0.25, -0.2) is 13.4 Å². The van der Waals surface area contributed by atoms with Crippen molar-refractivity contribution in [2.75, 3.05) is 20.2 Å². The van der Waals surface area contributed by atoms with Gasteiger partial charge in [0.2, 0.25) is 21.8 Å². The number of oxazole rings is 1. The number of aromatic nitrogens is 1. The maximum atomic E-state index is 12.7. The number of ether oxygens (including phenoxy) is 1. The summed E-state index contributed by atoms with van der Waals surface area (Å²) in [7, 11) is -2.06. The highest BCUT2D eigenvalue weighted by atomic mass is 32.2. The van der Waals surface area contributed by atoms with Crippen LogP contribution in [0.2, 0.25) is 0 Å². The van der Waals surface area contributed by atoms with Crippen LogP contribution in [0.1, 0.15) is 118 Å². The maximum absolute atomic E-state index is 12.7. The molecule has 0 bridgehead atoms. The van der Waals surface area contributed by atoms with Gasteiger partial charge in [0.15, 0.2) is 5.69 Å². The van der Waals surface area contributed by atoms with E-state index >= 15 is 0 Å². The Labute approximate surface area is 256 Å². The van der Waals surface area contributed by atoms with E-state index in [0.717, 1.165) is 49.3 Å². The Kier molecular flexibility index (Phi) is 12.0. The molecule has 10 nitrogen and oxygen atoms in total. The molecule has 0 radical (unpaired) electrons. The van der Waals surface area contributed by atoms with Gasteiger partial charge in [-0.05, 0) is 75.3 Å². The number of benzene rings is 1. The second-order valence-electron chi connectivity index (χ2n) is 12.2. The molecule has 2 amide bonds. The average molecular weight is 617 g/mol. The number of nitrogens with zero attached hydrogens (tertiary/aromatic N) is 2. The van der Waals surface area contributed by atoms with Crippen LogP contribution in [0.4, 0.5) is 0 Å². The van der Waals surface area contributed by atoms with Crippen LogP contribution >= 0.6 is 0 Å². The summed E-state index contributed by atoms with van der Waals surface area (Å²) in [5.74, 6) is 1.37. The number of hydrogen-bond acceptors (Lipinski definition) is 8. The molecule has 2 heterocycles. The van der Waals surface area contributed by atoms with Crippen LogP contribution in [-0.4, -0.2) is 55.6 Å². The van der Waals surface area contributed by atoms with Gasteiger partial charge < -0.3 is 14.5 Å². The fourth-order valence-corrected chi connectivity index (χ4v) is 6.74. The first-order valence-electron chi connectivity index (χ1n) is 15.8. The lowest BCUT2D eigenvalue weighted by molar-refractivity contribution is -0.119. The van der Waals surface area contributed by atoms with Crippen LogP contribution in [0.15, 0.2) is 28.9 Å². The SMILES string of the molecule is COc1ccc(CCC(=O)NS(=O)(=O)C(C)C)c(CN2CCC[C@H]2c2nc(C(=O)NCCCCC3CCCCC3)co2)c1. The molecular weight excluding hydrogens is 568 g/mol. The second-order valence-corrected chi connectivity index (χ2v) is 14.4. The normalized spacial score (nSPS) is 18.2. The summed E-state index contributed by atoms with van der Waals surface area (Å²) < 4.78 is 37.6. The van der Waals surface area contributed by atoms with E-state index < -0.39 is 21.2 Å². The molecule has 2 N–H and O–H groups in total. The zero-order valence-electron chi connectivity index (χ0n) is 25.9. The smallest absolute Gasteiger partial charge is 0.273 e. The summed E-state index contributed by atoms with van der Waals surface area (Å²) in [4.78, 5) is 32.0. The number of sulfonamides is 1. The van der Waals surface area contributed by atoms with Gasteiger partial charge >= 0.3 is 0 Å². The van der Waals surface area contributed by atoms with Crippen molar-refractivity contribution >= 4 is 21.8 Å². The van der Waals surface area contributed by atoms with E-state index in [1.807, 2.05) is 18.2 Å². The van der Waals surface area contributed by atoms with Crippen LogP contribution in [0.25, 0.3) is 0 Å². The van der Waals surface area contributed by atoms with E-state index in [9.17, 15) is 18.0 Å². The maximum Gasteiger partial charge on any atom is 0.273 e. The Balaban J connectivity index is 1.32. The molecule has 1 aliphatic heterocycles. The number of rotatable bonds is 15. The van der Waals surface area contributed by atoms with Gasteiger partial charge in [0.25, 0.3) is 5.91 Å². The van der Waals surface area contributed by atoms with E-state index in [4.69, 9.17) is 9.15 Å². The van der Waals surface area contributed by atoms with Crippen molar-refractivity contribution in [1.29, 1.82) is 0 Å². The molecule has 11 heteroatoms. The highest BCUT2D eigenvalue weighted by Crippen LogP contribution is 2.34. The van der Waals surface area contributed by atoms with Gasteiger partial charge in [0, 0.05) is 19.5 Å². The van der Waals surface area contributed by atoms with E-state index in [1.165, 1.54) is 58.6 Å². The second kappa shape index (κ2) is 15.7. The lowest BCUT2D eigenvalue weighted by Crippen LogP contribution is -2.35. The molecule has 43 heavy (non-hydrogen) atoms. The van der Waals surface area contributed by atoms with E-state index in [-0.39, 0.29) is 18.4 Å². The third kappa shape index (κ3) is 9.53. The molecule has 2 aliphatic rings. The number of carbonyl (C=O) groups excluding carboxylic acids is 2. The summed E-state index contributed by atoms with van der Waals surface area (Å²) >= 11 is 0. The number of hydrogen-bond donors (Lipinski definition) is 2. The molecule has 2 fully saturated rings. The molecule has 1 aromatic carbocycles. The molecule has 1 aliphatic carbocycles. The minimum atomic E-state index is -3.67. The largest absolute Gasteiger partial charge is 0.497 e.